The smallest absolute Gasteiger partial charge is 0.283 e. The van der Waals surface area contributed by atoms with Crippen LogP contribution in [-0.2, 0) is 41.6 Å². The predicted octanol–water partition coefficient (Wildman–Crippen LogP) is 1.95. The maximum absolute atomic E-state index is 6.13. The topological polar surface area (TPSA) is 55.4 Å². The van der Waals surface area contributed by atoms with E-state index in [-0.39, 0.29) is 18.3 Å². The van der Waals surface area contributed by atoms with Gasteiger partial charge in [0.25, 0.3) is 5.97 Å². The molecule has 126 valence electrons. The summed E-state index contributed by atoms with van der Waals surface area (Å²) < 4.78 is 35.1. The van der Waals surface area contributed by atoms with E-state index in [2.05, 4.69) is 12.1 Å². The van der Waals surface area contributed by atoms with E-state index in [1.807, 2.05) is 19.1 Å². The molecule has 5 atom stereocenters. The molecule has 3 aliphatic rings. The molecule has 2 saturated heterocycles. The summed E-state index contributed by atoms with van der Waals surface area (Å²) in [6, 6.07) is 8.13. The van der Waals surface area contributed by atoms with Crippen LogP contribution in [0.25, 0.3) is 0 Å². The molecule has 0 spiro atoms. The normalized spacial score (nSPS) is 40.8. The van der Waals surface area contributed by atoms with Crippen molar-refractivity contribution in [1.82, 2.24) is 0 Å². The Balaban J connectivity index is 1.59. The van der Waals surface area contributed by atoms with Crippen LogP contribution in [0, 0.1) is 0 Å². The molecule has 3 heterocycles. The van der Waals surface area contributed by atoms with E-state index < -0.39 is 12.3 Å². The lowest BCUT2D eigenvalue weighted by molar-refractivity contribution is -0.385. The van der Waals surface area contributed by atoms with Crippen molar-refractivity contribution < 1.29 is 28.4 Å². The zero-order valence-corrected chi connectivity index (χ0v) is 13.4. The zero-order valence-electron chi connectivity index (χ0n) is 13.4. The van der Waals surface area contributed by atoms with Gasteiger partial charge < -0.3 is 23.7 Å². The van der Waals surface area contributed by atoms with Crippen LogP contribution < -0.4 is 0 Å². The summed E-state index contributed by atoms with van der Waals surface area (Å²) in [6.07, 6.45) is -1.20. The van der Waals surface area contributed by atoms with Crippen LogP contribution in [0.3, 0.4) is 0 Å². The minimum Gasteiger partial charge on any atom is -0.374 e. The standard InChI is InChI=1S/C17H22O6/c1-11-14-15-16(23-17(2,21-11)22-15)19-8-7-18-9-12-5-3-4-6-13(12)10-20-14/h3-6,11,14-16H,7-10H2,1-2H3/t11-,14?,15?,16-,17?/m1/s1. The molecule has 2 bridgehead atoms. The Morgan fingerprint density at radius 3 is 2.52 bits per heavy atom. The molecule has 2 fully saturated rings. The average molecular weight is 322 g/mol. The van der Waals surface area contributed by atoms with Gasteiger partial charge >= 0.3 is 0 Å². The van der Waals surface area contributed by atoms with Crippen molar-refractivity contribution in [3.8, 4) is 0 Å². The van der Waals surface area contributed by atoms with Gasteiger partial charge in [-0.3, -0.25) is 4.74 Å². The second-order valence-corrected chi connectivity index (χ2v) is 6.22. The molecule has 0 N–H and O–H groups in total. The van der Waals surface area contributed by atoms with E-state index in [1.165, 1.54) is 0 Å². The van der Waals surface area contributed by atoms with Crippen molar-refractivity contribution in [2.45, 2.75) is 57.6 Å². The van der Waals surface area contributed by atoms with Gasteiger partial charge in [-0.25, -0.2) is 0 Å². The molecule has 23 heavy (non-hydrogen) atoms. The van der Waals surface area contributed by atoms with E-state index in [4.69, 9.17) is 28.4 Å². The maximum atomic E-state index is 6.13. The Bertz CT molecular complexity index is 564. The highest BCUT2D eigenvalue weighted by molar-refractivity contribution is 5.25. The molecule has 0 aromatic heterocycles. The van der Waals surface area contributed by atoms with Crippen LogP contribution in [0.2, 0.25) is 0 Å². The van der Waals surface area contributed by atoms with Gasteiger partial charge in [0, 0.05) is 6.92 Å². The Hall–Kier alpha value is -1.02. The molecule has 1 aromatic carbocycles. The first-order valence-electron chi connectivity index (χ1n) is 8.06. The third kappa shape index (κ3) is 3.03. The van der Waals surface area contributed by atoms with Crippen LogP contribution >= 0.6 is 0 Å². The van der Waals surface area contributed by atoms with Crippen LogP contribution in [0.1, 0.15) is 25.0 Å². The summed E-state index contributed by atoms with van der Waals surface area (Å²) in [5.41, 5.74) is 2.24. The van der Waals surface area contributed by atoms with Crippen molar-refractivity contribution >= 4 is 0 Å². The lowest BCUT2D eigenvalue weighted by atomic mass is 10.1. The summed E-state index contributed by atoms with van der Waals surface area (Å²) in [5, 5.41) is 0. The van der Waals surface area contributed by atoms with Gasteiger partial charge in [0.05, 0.1) is 32.5 Å². The lowest BCUT2D eigenvalue weighted by Gasteiger charge is -2.37. The van der Waals surface area contributed by atoms with Crippen LogP contribution in [-0.4, -0.2) is 43.8 Å². The van der Waals surface area contributed by atoms with E-state index in [0.29, 0.717) is 26.4 Å². The van der Waals surface area contributed by atoms with Crippen molar-refractivity contribution in [3.63, 3.8) is 0 Å². The summed E-state index contributed by atoms with van der Waals surface area (Å²) in [5.74, 6) is -1.06. The second-order valence-electron chi connectivity index (χ2n) is 6.22. The van der Waals surface area contributed by atoms with Gasteiger partial charge in [0.2, 0.25) is 0 Å². The molecule has 6 heteroatoms. The van der Waals surface area contributed by atoms with Crippen molar-refractivity contribution in [2.24, 2.45) is 0 Å². The van der Waals surface area contributed by atoms with Crippen molar-refractivity contribution in [3.05, 3.63) is 35.4 Å². The molecule has 0 aliphatic carbocycles. The first-order valence-corrected chi connectivity index (χ1v) is 8.06. The molecule has 3 aliphatic heterocycles. The van der Waals surface area contributed by atoms with Gasteiger partial charge in [-0.15, -0.1) is 0 Å². The van der Waals surface area contributed by atoms with E-state index >= 15 is 0 Å². The highest BCUT2D eigenvalue weighted by Gasteiger charge is 2.57. The largest absolute Gasteiger partial charge is 0.374 e. The molecule has 0 saturated carbocycles. The first kappa shape index (κ1) is 15.5. The van der Waals surface area contributed by atoms with Gasteiger partial charge in [-0.2, -0.15) is 0 Å². The molecule has 6 nitrogen and oxygen atoms in total. The third-order valence-electron chi connectivity index (χ3n) is 4.45. The van der Waals surface area contributed by atoms with Crippen molar-refractivity contribution in [2.75, 3.05) is 13.2 Å². The fourth-order valence-electron chi connectivity index (χ4n) is 3.35. The van der Waals surface area contributed by atoms with Gasteiger partial charge in [-0.1, -0.05) is 24.3 Å². The summed E-state index contributed by atoms with van der Waals surface area (Å²) in [4.78, 5) is 0. The molecule has 3 unspecified atom stereocenters. The van der Waals surface area contributed by atoms with Gasteiger partial charge in [-0.05, 0) is 18.1 Å². The Morgan fingerprint density at radius 2 is 1.70 bits per heavy atom. The lowest BCUT2D eigenvalue weighted by Crippen LogP contribution is -2.51. The van der Waals surface area contributed by atoms with Crippen LogP contribution in [0.15, 0.2) is 24.3 Å². The minimum atomic E-state index is -1.06. The molecule has 1 aromatic rings. The van der Waals surface area contributed by atoms with E-state index in [0.717, 1.165) is 11.1 Å². The van der Waals surface area contributed by atoms with E-state index in [1.54, 1.807) is 6.92 Å². The SMILES string of the molecule is C[C@H]1OC2(C)OC3C1OCc1ccccc1COCCO[C@@H]3O2. The number of rotatable bonds is 0. The summed E-state index contributed by atoms with van der Waals surface area (Å²) in [7, 11) is 0. The van der Waals surface area contributed by atoms with Gasteiger partial charge in [0.15, 0.2) is 6.29 Å². The van der Waals surface area contributed by atoms with E-state index in [9.17, 15) is 0 Å². The highest BCUT2D eigenvalue weighted by Crippen LogP contribution is 2.40. The second kappa shape index (κ2) is 6.12. The van der Waals surface area contributed by atoms with Crippen molar-refractivity contribution in [1.29, 1.82) is 0 Å². The summed E-state index contributed by atoms with van der Waals surface area (Å²) in [6.45, 7) is 5.69. The van der Waals surface area contributed by atoms with Crippen LogP contribution in [0.5, 0.6) is 0 Å². The number of hydrogen-bond donors (Lipinski definition) is 0. The fourth-order valence-corrected chi connectivity index (χ4v) is 3.35. The van der Waals surface area contributed by atoms with Crippen LogP contribution in [0.4, 0.5) is 0 Å². The number of hydrogen-bond acceptors (Lipinski definition) is 6. The molecule has 0 amide bonds. The number of ether oxygens (including phenoxy) is 6. The zero-order chi connectivity index (χ0) is 15.9. The maximum Gasteiger partial charge on any atom is 0.283 e. The molecule has 4 rings (SSSR count). The third-order valence-corrected chi connectivity index (χ3v) is 4.45. The predicted molar refractivity (Wildman–Crippen MR) is 79.3 cm³/mol. The molecular weight excluding hydrogens is 300 g/mol. The fraction of sp³-hybridized carbons (Fsp3) is 0.647. The molecular formula is C17H22O6. The number of fused-ring (bicyclic) bond motifs is 2. The monoisotopic (exact) mass is 322 g/mol. The van der Waals surface area contributed by atoms with Gasteiger partial charge in [0.1, 0.15) is 12.2 Å². The Labute approximate surface area is 135 Å². The highest BCUT2D eigenvalue weighted by atomic mass is 16.9. The quantitative estimate of drug-likeness (QED) is 0.728. The average Bonchev–Trinajstić information content (AvgIpc) is 2.78. The minimum absolute atomic E-state index is 0.140. The number of benzene rings is 1. The first-order chi connectivity index (χ1) is 11.1. The summed E-state index contributed by atoms with van der Waals surface area (Å²) >= 11 is 0. The molecule has 0 radical (unpaired) electrons. The Kier molecular flexibility index (Phi) is 4.13. The Morgan fingerprint density at radius 1 is 0.913 bits per heavy atom.